The number of hydrogen-bond donors (Lipinski definition) is 2. The third kappa shape index (κ3) is 5.11. The molecule has 0 radical (unpaired) electrons. The number of aromatic carboxylic acids is 1. The quantitative estimate of drug-likeness (QED) is 0.425. The first-order valence-electron chi connectivity index (χ1n) is 9.87. The van der Waals surface area contributed by atoms with Gasteiger partial charge in [0, 0.05) is 15.9 Å². The summed E-state index contributed by atoms with van der Waals surface area (Å²) in [5.74, 6) is -1.38. The number of carbonyl (C=O) groups is 2. The van der Waals surface area contributed by atoms with Crippen LogP contribution in [0.5, 0.6) is 0 Å². The molecule has 4 rings (SSSR count). The summed E-state index contributed by atoms with van der Waals surface area (Å²) in [5, 5.41) is 13.9. The van der Waals surface area contributed by atoms with Crippen molar-refractivity contribution in [1.29, 1.82) is 0 Å². The summed E-state index contributed by atoms with van der Waals surface area (Å²) in [6.45, 7) is 1.50. The minimum absolute atomic E-state index is 0. The number of amides is 1. The molecule has 9 heteroatoms. The summed E-state index contributed by atoms with van der Waals surface area (Å²) in [6, 6.07) is 15.9. The Kier molecular flexibility index (Phi) is 8.20. The summed E-state index contributed by atoms with van der Waals surface area (Å²) in [4.78, 5) is 28.4. The van der Waals surface area contributed by atoms with Gasteiger partial charge < -0.3 is 15.3 Å². The second kappa shape index (κ2) is 10.7. The minimum atomic E-state index is -1.06. The third-order valence-corrected chi connectivity index (χ3v) is 6.99. The number of anilines is 1. The summed E-state index contributed by atoms with van der Waals surface area (Å²) >= 11 is 13.5. The van der Waals surface area contributed by atoms with Crippen molar-refractivity contribution in [3.05, 3.63) is 75.1 Å². The van der Waals surface area contributed by atoms with Gasteiger partial charge in [-0.05, 0) is 55.8 Å². The fraction of sp³-hybridized carbons (Fsp3) is 0.217. The zero-order chi connectivity index (χ0) is 22.0. The van der Waals surface area contributed by atoms with Gasteiger partial charge in [-0.25, -0.2) is 4.79 Å². The van der Waals surface area contributed by atoms with E-state index in [4.69, 9.17) is 23.2 Å². The molecule has 2 aromatic carbocycles. The molecule has 0 aliphatic carbocycles. The molecule has 168 valence electrons. The lowest BCUT2D eigenvalue weighted by molar-refractivity contribution is 0.0703. The minimum Gasteiger partial charge on any atom is -0.477 e. The molecule has 1 fully saturated rings. The second-order valence-electron chi connectivity index (χ2n) is 7.28. The van der Waals surface area contributed by atoms with E-state index in [1.807, 2.05) is 30.3 Å². The van der Waals surface area contributed by atoms with Crippen LogP contribution in [0.25, 0.3) is 10.4 Å². The van der Waals surface area contributed by atoms with E-state index in [0.717, 1.165) is 23.5 Å². The van der Waals surface area contributed by atoms with Crippen LogP contribution < -0.4 is 10.2 Å². The van der Waals surface area contributed by atoms with Crippen molar-refractivity contribution in [2.24, 2.45) is 0 Å². The first kappa shape index (κ1) is 24.6. The Bertz CT molecular complexity index is 1110. The molecule has 32 heavy (non-hydrogen) atoms. The van der Waals surface area contributed by atoms with Gasteiger partial charge in [0.25, 0.3) is 5.91 Å². The Labute approximate surface area is 206 Å². The van der Waals surface area contributed by atoms with Crippen LogP contribution in [-0.2, 0) is 0 Å². The van der Waals surface area contributed by atoms with E-state index in [-0.39, 0.29) is 34.3 Å². The number of hydrogen-bond acceptors (Lipinski definition) is 4. The van der Waals surface area contributed by atoms with Gasteiger partial charge in [-0.3, -0.25) is 4.79 Å². The molecule has 0 atom stereocenters. The Morgan fingerprint density at radius 3 is 2.34 bits per heavy atom. The van der Waals surface area contributed by atoms with Crippen LogP contribution in [-0.4, -0.2) is 36.1 Å². The highest BCUT2D eigenvalue weighted by Gasteiger charge is 2.33. The maximum Gasteiger partial charge on any atom is 0.348 e. The molecule has 0 spiro atoms. The zero-order valence-electron chi connectivity index (χ0n) is 16.9. The molecular weight excluding hydrogens is 491 g/mol. The Balaban J connectivity index is 0.00000289. The van der Waals surface area contributed by atoms with E-state index in [0.29, 0.717) is 29.1 Å². The molecule has 0 unspecified atom stereocenters. The normalized spacial score (nSPS) is 13.9. The molecule has 1 aliphatic rings. The lowest BCUT2D eigenvalue weighted by Gasteiger charge is -2.34. The van der Waals surface area contributed by atoms with Crippen molar-refractivity contribution < 1.29 is 14.7 Å². The van der Waals surface area contributed by atoms with E-state index in [2.05, 4.69) is 5.32 Å². The van der Waals surface area contributed by atoms with Gasteiger partial charge in [-0.1, -0.05) is 53.5 Å². The first-order chi connectivity index (χ1) is 15.0. The predicted octanol–water partition coefficient (Wildman–Crippen LogP) is 6.24. The molecule has 2 heterocycles. The lowest BCUT2D eigenvalue weighted by Crippen LogP contribution is -2.46. The van der Waals surface area contributed by atoms with Crippen LogP contribution in [0, 0.1) is 0 Å². The van der Waals surface area contributed by atoms with Crippen LogP contribution >= 0.6 is 46.9 Å². The zero-order valence-corrected chi connectivity index (χ0v) is 20.0. The van der Waals surface area contributed by atoms with Gasteiger partial charge in [-0.15, -0.1) is 23.7 Å². The number of thiophene rings is 1. The van der Waals surface area contributed by atoms with E-state index in [9.17, 15) is 14.7 Å². The number of halogens is 3. The van der Waals surface area contributed by atoms with Crippen LogP contribution in [0.1, 0.15) is 32.9 Å². The number of nitrogens with one attached hydrogen (secondary N) is 1. The standard InChI is InChI=1S/C23H20Cl2N2O3S.ClH/c24-15-6-7-17(18(25)12-15)22(28)27(16-8-10-26-11-9-16)19-13-20(31-21(19)23(29)30)14-4-2-1-3-5-14;/h1-7,12-13,16,26H,8-11H2,(H,29,30);1H. The fourth-order valence-electron chi connectivity index (χ4n) is 3.79. The van der Waals surface area contributed by atoms with Gasteiger partial charge in [0.15, 0.2) is 0 Å². The summed E-state index contributed by atoms with van der Waals surface area (Å²) < 4.78 is 0. The van der Waals surface area contributed by atoms with Gasteiger partial charge >= 0.3 is 5.97 Å². The SMILES string of the molecule is Cl.O=C(O)c1sc(-c2ccccc2)cc1N(C(=O)c1ccc(Cl)cc1Cl)C1CCNCC1. The number of nitrogens with zero attached hydrogens (tertiary/aromatic N) is 1. The molecule has 0 bridgehead atoms. The van der Waals surface area contributed by atoms with Crippen LogP contribution in [0.15, 0.2) is 54.6 Å². The number of rotatable bonds is 5. The highest BCUT2D eigenvalue weighted by molar-refractivity contribution is 7.18. The number of carbonyl (C=O) groups excluding carboxylic acids is 1. The Morgan fingerprint density at radius 1 is 1.03 bits per heavy atom. The van der Waals surface area contributed by atoms with Gasteiger partial charge in [0.2, 0.25) is 0 Å². The van der Waals surface area contributed by atoms with Crippen LogP contribution in [0.2, 0.25) is 10.0 Å². The molecular formula is C23H21Cl3N2O3S. The summed E-state index contributed by atoms with van der Waals surface area (Å²) in [5.41, 5.74) is 1.61. The van der Waals surface area contributed by atoms with Crippen molar-refractivity contribution in [3.8, 4) is 10.4 Å². The number of carboxylic acids is 1. The first-order valence-corrected chi connectivity index (χ1v) is 11.4. The predicted molar refractivity (Wildman–Crippen MR) is 133 cm³/mol. The van der Waals surface area contributed by atoms with E-state index >= 15 is 0 Å². The Hall–Kier alpha value is -2.09. The topological polar surface area (TPSA) is 69.6 Å². The highest BCUT2D eigenvalue weighted by Crippen LogP contribution is 2.39. The molecule has 1 aliphatic heterocycles. The fourth-order valence-corrected chi connectivity index (χ4v) is 5.27. The summed E-state index contributed by atoms with van der Waals surface area (Å²) in [7, 11) is 0. The van der Waals surface area contributed by atoms with Crippen molar-refractivity contribution in [2.45, 2.75) is 18.9 Å². The number of benzene rings is 2. The number of piperidine rings is 1. The van der Waals surface area contributed by atoms with Crippen molar-refractivity contribution in [1.82, 2.24) is 5.32 Å². The molecule has 0 saturated carbocycles. The van der Waals surface area contributed by atoms with Crippen molar-refractivity contribution >= 4 is 64.5 Å². The molecule has 1 aromatic heterocycles. The molecule has 1 saturated heterocycles. The maximum absolute atomic E-state index is 13.7. The molecule has 5 nitrogen and oxygen atoms in total. The highest BCUT2D eigenvalue weighted by atomic mass is 35.5. The number of carboxylic acid groups (broad SMARTS) is 1. The second-order valence-corrected chi connectivity index (χ2v) is 9.17. The van der Waals surface area contributed by atoms with Crippen molar-refractivity contribution in [3.63, 3.8) is 0 Å². The molecule has 2 N–H and O–H groups in total. The van der Waals surface area contributed by atoms with Crippen LogP contribution in [0.4, 0.5) is 5.69 Å². The monoisotopic (exact) mass is 510 g/mol. The smallest absolute Gasteiger partial charge is 0.348 e. The lowest BCUT2D eigenvalue weighted by atomic mass is 10.0. The van der Waals surface area contributed by atoms with Crippen molar-refractivity contribution in [2.75, 3.05) is 18.0 Å². The Morgan fingerprint density at radius 2 is 1.72 bits per heavy atom. The largest absolute Gasteiger partial charge is 0.477 e. The third-order valence-electron chi connectivity index (χ3n) is 5.28. The van der Waals surface area contributed by atoms with E-state index in [1.165, 1.54) is 17.4 Å². The van der Waals surface area contributed by atoms with E-state index < -0.39 is 5.97 Å². The molecule has 1 amide bonds. The van der Waals surface area contributed by atoms with Gasteiger partial charge in [0.05, 0.1) is 16.3 Å². The van der Waals surface area contributed by atoms with Gasteiger partial charge in [0.1, 0.15) is 4.88 Å². The van der Waals surface area contributed by atoms with E-state index in [1.54, 1.807) is 23.1 Å². The average Bonchev–Trinajstić information content (AvgIpc) is 3.20. The maximum atomic E-state index is 13.7. The average molecular weight is 512 g/mol. The van der Waals surface area contributed by atoms with Gasteiger partial charge in [-0.2, -0.15) is 0 Å². The molecule has 3 aromatic rings. The summed E-state index contributed by atoms with van der Waals surface area (Å²) in [6.07, 6.45) is 1.43. The van der Waals surface area contributed by atoms with Crippen LogP contribution in [0.3, 0.4) is 0 Å².